The number of nitrogens with one attached hydrogen (secondary N) is 1. The van der Waals surface area contributed by atoms with Gasteiger partial charge in [0.15, 0.2) is 5.69 Å². The number of aromatic nitrogens is 2. The highest BCUT2D eigenvalue weighted by Crippen LogP contribution is 2.20. The molecule has 0 radical (unpaired) electrons. The third kappa shape index (κ3) is 2.36. The van der Waals surface area contributed by atoms with Crippen molar-refractivity contribution in [2.24, 2.45) is 0 Å². The van der Waals surface area contributed by atoms with Gasteiger partial charge in [0.1, 0.15) is 0 Å². The van der Waals surface area contributed by atoms with Gasteiger partial charge in [0.2, 0.25) is 0 Å². The Bertz CT molecular complexity index is 655. The molecule has 1 atom stereocenters. The molecule has 0 aliphatic rings. The first-order valence-electron chi connectivity index (χ1n) is 5.92. The summed E-state index contributed by atoms with van der Waals surface area (Å²) >= 11 is 0. The standard InChI is InChI=1S/C13H15N5O/c1-8(5-6-14)18(2)13(19)12-10-7-9(15)3-4-11(10)16-17-12/h3-4,7-8H,5,15H2,1-2H3,(H,16,17). The number of rotatable bonds is 3. The van der Waals surface area contributed by atoms with E-state index in [9.17, 15) is 4.79 Å². The fourth-order valence-electron chi connectivity index (χ4n) is 1.83. The lowest BCUT2D eigenvalue weighted by Crippen LogP contribution is -2.35. The van der Waals surface area contributed by atoms with Gasteiger partial charge in [-0.3, -0.25) is 9.89 Å². The Labute approximate surface area is 110 Å². The van der Waals surface area contributed by atoms with E-state index in [2.05, 4.69) is 16.3 Å². The number of benzene rings is 1. The highest BCUT2D eigenvalue weighted by Gasteiger charge is 2.21. The lowest BCUT2D eigenvalue weighted by molar-refractivity contribution is 0.0742. The van der Waals surface area contributed by atoms with E-state index in [0.717, 1.165) is 5.52 Å². The van der Waals surface area contributed by atoms with Crippen molar-refractivity contribution in [1.82, 2.24) is 15.1 Å². The third-order valence-corrected chi connectivity index (χ3v) is 3.16. The fraction of sp³-hybridized carbons (Fsp3) is 0.308. The molecular formula is C13H15N5O. The van der Waals surface area contributed by atoms with Gasteiger partial charge in [0.25, 0.3) is 5.91 Å². The minimum atomic E-state index is -0.223. The molecule has 1 unspecified atom stereocenters. The summed E-state index contributed by atoms with van der Waals surface area (Å²) in [4.78, 5) is 13.9. The molecular weight excluding hydrogens is 242 g/mol. The van der Waals surface area contributed by atoms with Crippen LogP contribution >= 0.6 is 0 Å². The van der Waals surface area contributed by atoms with E-state index < -0.39 is 0 Å². The molecule has 3 N–H and O–H groups in total. The third-order valence-electron chi connectivity index (χ3n) is 3.16. The summed E-state index contributed by atoms with van der Waals surface area (Å²) < 4.78 is 0. The van der Waals surface area contributed by atoms with Gasteiger partial charge in [-0.1, -0.05) is 0 Å². The normalized spacial score (nSPS) is 12.1. The van der Waals surface area contributed by atoms with Crippen LogP contribution in [-0.4, -0.2) is 34.1 Å². The number of anilines is 1. The molecule has 0 bridgehead atoms. The zero-order chi connectivity index (χ0) is 14.0. The van der Waals surface area contributed by atoms with Crippen molar-refractivity contribution >= 4 is 22.5 Å². The number of nitrogens with zero attached hydrogens (tertiary/aromatic N) is 3. The summed E-state index contributed by atoms with van der Waals surface area (Å²) in [6.07, 6.45) is 0.284. The summed E-state index contributed by atoms with van der Waals surface area (Å²) in [7, 11) is 1.66. The van der Waals surface area contributed by atoms with Crippen LogP contribution in [0.25, 0.3) is 10.9 Å². The Hall–Kier alpha value is -2.55. The molecule has 1 aromatic carbocycles. The Balaban J connectivity index is 2.36. The number of H-pyrrole nitrogens is 1. The molecule has 1 aromatic heterocycles. The minimum Gasteiger partial charge on any atom is -0.399 e. The molecule has 0 saturated heterocycles. The van der Waals surface area contributed by atoms with E-state index in [0.29, 0.717) is 16.8 Å². The Morgan fingerprint density at radius 3 is 3.05 bits per heavy atom. The number of aromatic amines is 1. The summed E-state index contributed by atoms with van der Waals surface area (Å²) in [6.45, 7) is 1.82. The Kier molecular flexibility index (Phi) is 3.38. The topological polar surface area (TPSA) is 98.8 Å². The molecule has 0 fully saturated rings. The van der Waals surface area contributed by atoms with Gasteiger partial charge in [0, 0.05) is 24.2 Å². The zero-order valence-corrected chi connectivity index (χ0v) is 10.8. The molecule has 6 heteroatoms. The fourth-order valence-corrected chi connectivity index (χ4v) is 1.83. The zero-order valence-electron chi connectivity index (χ0n) is 10.8. The van der Waals surface area contributed by atoms with Crippen LogP contribution in [0.15, 0.2) is 18.2 Å². The van der Waals surface area contributed by atoms with Crippen LogP contribution < -0.4 is 5.73 Å². The number of hydrogen-bond donors (Lipinski definition) is 2. The van der Waals surface area contributed by atoms with E-state index in [1.54, 1.807) is 25.2 Å². The maximum absolute atomic E-state index is 12.3. The van der Waals surface area contributed by atoms with Crippen molar-refractivity contribution in [3.63, 3.8) is 0 Å². The summed E-state index contributed by atoms with van der Waals surface area (Å²) in [5, 5.41) is 16.2. The number of carbonyl (C=O) groups excluding carboxylic acids is 1. The second kappa shape index (κ2) is 4.98. The predicted molar refractivity (Wildman–Crippen MR) is 72.3 cm³/mol. The Morgan fingerprint density at radius 1 is 1.63 bits per heavy atom. The van der Waals surface area contributed by atoms with Gasteiger partial charge in [0.05, 0.1) is 18.0 Å². The molecule has 1 amide bonds. The van der Waals surface area contributed by atoms with E-state index >= 15 is 0 Å². The molecule has 19 heavy (non-hydrogen) atoms. The lowest BCUT2D eigenvalue weighted by atomic mass is 10.1. The minimum absolute atomic E-state index is 0.162. The molecule has 1 heterocycles. The number of nitrogens with two attached hydrogens (primary N) is 1. The summed E-state index contributed by atoms with van der Waals surface area (Å²) in [5.74, 6) is -0.223. The molecule has 0 spiro atoms. The molecule has 2 rings (SSSR count). The van der Waals surface area contributed by atoms with Gasteiger partial charge in [-0.2, -0.15) is 10.4 Å². The number of amides is 1. The second-order valence-electron chi connectivity index (χ2n) is 4.50. The van der Waals surface area contributed by atoms with Gasteiger partial charge in [-0.05, 0) is 25.1 Å². The Morgan fingerprint density at radius 2 is 2.37 bits per heavy atom. The maximum Gasteiger partial charge on any atom is 0.275 e. The van der Waals surface area contributed by atoms with Gasteiger partial charge in [-0.15, -0.1) is 0 Å². The molecule has 0 aliphatic heterocycles. The monoisotopic (exact) mass is 257 g/mol. The first kappa shape index (κ1) is 12.9. The van der Waals surface area contributed by atoms with Crippen molar-refractivity contribution in [2.45, 2.75) is 19.4 Å². The largest absolute Gasteiger partial charge is 0.399 e. The van der Waals surface area contributed by atoms with Crippen LogP contribution in [0, 0.1) is 11.3 Å². The highest BCUT2D eigenvalue weighted by atomic mass is 16.2. The summed E-state index contributed by atoms with van der Waals surface area (Å²) in [6, 6.07) is 7.14. The number of nitriles is 1. The van der Waals surface area contributed by atoms with Crippen LogP contribution in [0.5, 0.6) is 0 Å². The van der Waals surface area contributed by atoms with E-state index in [1.807, 2.05) is 6.92 Å². The molecule has 0 saturated carbocycles. The average molecular weight is 257 g/mol. The lowest BCUT2D eigenvalue weighted by Gasteiger charge is -2.21. The predicted octanol–water partition coefficient (Wildman–Crippen LogP) is 1.52. The number of hydrogen-bond acceptors (Lipinski definition) is 4. The van der Waals surface area contributed by atoms with E-state index in [4.69, 9.17) is 11.0 Å². The van der Waals surface area contributed by atoms with Crippen LogP contribution in [0.4, 0.5) is 5.69 Å². The SMILES string of the molecule is CC(CC#N)N(C)C(=O)c1n[nH]c2ccc(N)cc12. The number of fused-ring (bicyclic) bond motifs is 1. The van der Waals surface area contributed by atoms with Crippen molar-refractivity contribution in [3.8, 4) is 6.07 Å². The van der Waals surface area contributed by atoms with Crippen molar-refractivity contribution in [3.05, 3.63) is 23.9 Å². The van der Waals surface area contributed by atoms with Gasteiger partial charge >= 0.3 is 0 Å². The molecule has 0 aliphatic carbocycles. The molecule has 98 valence electrons. The first-order valence-corrected chi connectivity index (χ1v) is 5.92. The van der Waals surface area contributed by atoms with Crippen LogP contribution in [0.3, 0.4) is 0 Å². The van der Waals surface area contributed by atoms with E-state index in [1.165, 1.54) is 4.90 Å². The van der Waals surface area contributed by atoms with Gasteiger partial charge < -0.3 is 10.6 Å². The number of carbonyl (C=O) groups is 1. The second-order valence-corrected chi connectivity index (χ2v) is 4.50. The summed E-state index contributed by atoms with van der Waals surface area (Å²) in [5.41, 5.74) is 7.40. The van der Waals surface area contributed by atoms with Gasteiger partial charge in [-0.25, -0.2) is 0 Å². The van der Waals surface area contributed by atoms with Crippen molar-refractivity contribution in [2.75, 3.05) is 12.8 Å². The highest BCUT2D eigenvalue weighted by molar-refractivity contribution is 6.05. The van der Waals surface area contributed by atoms with Crippen molar-refractivity contribution < 1.29 is 4.79 Å². The number of nitrogen functional groups attached to an aromatic ring is 1. The first-order chi connectivity index (χ1) is 9.04. The maximum atomic E-state index is 12.3. The average Bonchev–Trinajstić information content (AvgIpc) is 2.80. The van der Waals surface area contributed by atoms with Crippen LogP contribution in [0.2, 0.25) is 0 Å². The van der Waals surface area contributed by atoms with Crippen molar-refractivity contribution in [1.29, 1.82) is 5.26 Å². The van der Waals surface area contributed by atoms with Crippen LogP contribution in [0.1, 0.15) is 23.8 Å². The molecule has 6 nitrogen and oxygen atoms in total. The quantitative estimate of drug-likeness (QED) is 0.814. The van der Waals surface area contributed by atoms with Crippen LogP contribution in [-0.2, 0) is 0 Å². The molecule has 2 aromatic rings. The van der Waals surface area contributed by atoms with E-state index in [-0.39, 0.29) is 18.4 Å². The smallest absolute Gasteiger partial charge is 0.275 e.